The van der Waals surface area contributed by atoms with Crippen molar-refractivity contribution in [1.82, 2.24) is 0 Å². The number of fused-ring (bicyclic) bond motifs is 5. The maximum absolute atomic E-state index is 9.21. The minimum absolute atomic E-state index is 0.0882. The highest BCUT2D eigenvalue weighted by Crippen LogP contribution is 2.55. The van der Waals surface area contributed by atoms with Crippen LogP contribution in [0.4, 0.5) is 0 Å². The summed E-state index contributed by atoms with van der Waals surface area (Å²) in [7, 11) is 0. The highest BCUT2D eigenvalue weighted by Gasteiger charge is 2.51. The van der Waals surface area contributed by atoms with Crippen molar-refractivity contribution in [1.29, 1.82) is 0 Å². The van der Waals surface area contributed by atoms with Gasteiger partial charge >= 0.3 is 0 Å². The fourth-order valence-corrected chi connectivity index (χ4v) is 3.71. The van der Waals surface area contributed by atoms with Crippen LogP contribution in [0.3, 0.4) is 0 Å². The first-order chi connectivity index (χ1) is 6.40. The lowest BCUT2D eigenvalue weighted by Crippen LogP contribution is -2.37. The van der Waals surface area contributed by atoms with Crippen LogP contribution in [-0.4, -0.2) is 17.8 Å². The van der Waals surface area contributed by atoms with Crippen LogP contribution in [0.1, 0.15) is 19.3 Å². The molecule has 72 valence electrons. The molecule has 2 saturated carbocycles. The van der Waals surface area contributed by atoms with E-state index in [2.05, 4.69) is 6.08 Å². The first kappa shape index (κ1) is 7.86. The molecule has 0 saturated heterocycles. The number of aliphatic hydroxyl groups is 1. The van der Waals surface area contributed by atoms with Gasteiger partial charge in [0.05, 0.1) is 12.9 Å². The van der Waals surface area contributed by atoms with Crippen LogP contribution < -0.4 is 0 Å². The first-order valence-electron chi connectivity index (χ1n) is 5.33. The van der Waals surface area contributed by atoms with E-state index in [1.807, 2.05) is 6.26 Å². The number of rotatable bonds is 1. The summed E-state index contributed by atoms with van der Waals surface area (Å²) in [6.45, 7) is 0.189. The van der Waals surface area contributed by atoms with Crippen LogP contribution in [0.15, 0.2) is 12.3 Å². The molecular formula is C11H16O2. The second-order valence-corrected chi connectivity index (χ2v) is 4.67. The van der Waals surface area contributed by atoms with Crippen molar-refractivity contribution >= 4 is 0 Å². The van der Waals surface area contributed by atoms with Crippen LogP contribution in [0, 0.1) is 23.7 Å². The molecule has 0 radical (unpaired) electrons. The second kappa shape index (κ2) is 2.74. The van der Waals surface area contributed by atoms with Crippen molar-refractivity contribution in [2.75, 3.05) is 6.61 Å². The van der Waals surface area contributed by atoms with Crippen LogP contribution in [0.2, 0.25) is 0 Å². The quantitative estimate of drug-likeness (QED) is 0.663. The lowest BCUT2D eigenvalue weighted by Gasteiger charge is -2.36. The molecule has 13 heavy (non-hydrogen) atoms. The van der Waals surface area contributed by atoms with Gasteiger partial charge in [0, 0.05) is 5.92 Å². The minimum Gasteiger partial charge on any atom is -0.496 e. The highest BCUT2D eigenvalue weighted by atomic mass is 16.5. The normalized spacial score (nSPS) is 51.9. The third-order valence-electron chi connectivity index (χ3n) is 4.21. The molecule has 0 aromatic rings. The predicted octanol–water partition coefficient (Wildman–Crippen LogP) is 1.55. The first-order valence-corrected chi connectivity index (χ1v) is 5.33. The maximum atomic E-state index is 9.21. The van der Waals surface area contributed by atoms with Gasteiger partial charge in [0.25, 0.3) is 0 Å². The molecule has 0 unspecified atom stereocenters. The standard InChI is InChI=1S/C11H16O2/c12-6-10-11-8-2-1-7(5-8)9(11)3-4-13-10/h3-4,7-12H,1-2,5-6H2/t7-,8+,9+,10-,11+/m1/s1. The van der Waals surface area contributed by atoms with Crippen molar-refractivity contribution in [2.45, 2.75) is 25.4 Å². The van der Waals surface area contributed by atoms with Crippen molar-refractivity contribution in [2.24, 2.45) is 23.7 Å². The summed E-state index contributed by atoms with van der Waals surface area (Å²) in [5.74, 6) is 3.06. The van der Waals surface area contributed by atoms with Crippen LogP contribution in [0.5, 0.6) is 0 Å². The van der Waals surface area contributed by atoms with E-state index in [1.54, 1.807) is 0 Å². The molecule has 2 fully saturated rings. The van der Waals surface area contributed by atoms with E-state index >= 15 is 0 Å². The lowest BCUT2D eigenvalue weighted by molar-refractivity contribution is -0.0158. The summed E-state index contributed by atoms with van der Waals surface area (Å²) in [6.07, 6.45) is 8.25. The molecular weight excluding hydrogens is 164 g/mol. The number of hydrogen-bond acceptors (Lipinski definition) is 2. The number of aliphatic hydroxyl groups excluding tert-OH is 1. The van der Waals surface area contributed by atoms with Gasteiger partial charge in [0.1, 0.15) is 6.10 Å². The Balaban J connectivity index is 1.89. The Morgan fingerprint density at radius 2 is 2.15 bits per heavy atom. The van der Waals surface area contributed by atoms with E-state index in [-0.39, 0.29) is 12.7 Å². The Labute approximate surface area is 78.6 Å². The largest absolute Gasteiger partial charge is 0.496 e. The van der Waals surface area contributed by atoms with E-state index < -0.39 is 0 Å². The van der Waals surface area contributed by atoms with Gasteiger partial charge in [-0.05, 0) is 43.1 Å². The van der Waals surface area contributed by atoms with Gasteiger partial charge in [-0.15, -0.1) is 0 Å². The zero-order valence-electron chi connectivity index (χ0n) is 7.73. The van der Waals surface area contributed by atoms with Gasteiger partial charge < -0.3 is 9.84 Å². The van der Waals surface area contributed by atoms with Gasteiger partial charge in [-0.1, -0.05) is 0 Å². The molecule has 2 bridgehead atoms. The molecule has 0 aromatic heterocycles. The summed E-state index contributed by atoms with van der Waals surface area (Å²) in [6, 6.07) is 0. The summed E-state index contributed by atoms with van der Waals surface area (Å²) >= 11 is 0. The van der Waals surface area contributed by atoms with Gasteiger partial charge in [0.2, 0.25) is 0 Å². The predicted molar refractivity (Wildman–Crippen MR) is 48.9 cm³/mol. The van der Waals surface area contributed by atoms with Crippen molar-refractivity contribution in [3.8, 4) is 0 Å². The number of ether oxygens (including phenoxy) is 1. The molecule has 1 heterocycles. The Morgan fingerprint density at radius 1 is 1.31 bits per heavy atom. The van der Waals surface area contributed by atoms with Gasteiger partial charge in [0.15, 0.2) is 0 Å². The Morgan fingerprint density at radius 3 is 3.00 bits per heavy atom. The Bertz CT molecular complexity index is 236. The van der Waals surface area contributed by atoms with Gasteiger partial charge in [-0.3, -0.25) is 0 Å². The molecule has 3 aliphatic rings. The van der Waals surface area contributed by atoms with Crippen LogP contribution in [0.25, 0.3) is 0 Å². The summed E-state index contributed by atoms with van der Waals surface area (Å²) in [5, 5.41) is 9.21. The van der Waals surface area contributed by atoms with Gasteiger partial charge in [-0.2, -0.15) is 0 Å². The molecule has 1 aliphatic heterocycles. The summed E-state index contributed by atoms with van der Waals surface area (Å²) in [5.41, 5.74) is 0. The van der Waals surface area contributed by atoms with E-state index in [0.717, 1.165) is 11.8 Å². The molecule has 2 aliphatic carbocycles. The van der Waals surface area contributed by atoms with E-state index in [0.29, 0.717) is 11.8 Å². The molecule has 0 amide bonds. The molecule has 1 N–H and O–H groups in total. The van der Waals surface area contributed by atoms with Crippen LogP contribution in [-0.2, 0) is 4.74 Å². The van der Waals surface area contributed by atoms with Gasteiger partial charge in [-0.25, -0.2) is 0 Å². The number of hydrogen-bond donors (Lipinski definition) is 1. The van der Waals surface area contributed by atoms with Crippen molar-refractivity contribution in [3.05, 3.63) is 12.3 Å². The minimum atomic E-state index is 0.0882. The third kappa shape index (κ3) is 0.983. The molecule has 2 nitrogen and oxygen atoms in total. The summed E-state index contributed by atoms with van der Waals surface area (Å²) in [4.78, 5) is 0. The molecule has 2 heteroatoms. The maximum Gasteiger partial charge on any atom is 0.124 e. The average molecular weight is 180 g/mol. The van der Waals surface area contributed by atoms with E-state index in [1.165, 1.54) is 19.3 Å². The van der Waals surface area contributed by atoms with Crippen LogP contribution >= 0.6 is 0 Å². The summed E-state index contributed by atoms with van der Waals surface area (Å²) < 4.78 is 5.46. The zero-order chi connectivity index (χ0) is 8.84. The van der Waals surface area contributed by atoms with E-state index in [9.17, 15) is 5.11 Å². The van der Waals surface area contributed by atoms with Crippen molar-refractivity contribution in [3.63, 3.8) is 0 Å². The number of allylic oxidation sites excluding steroid dienone is 1. The van der Waals surface area contributed by atoms with Crippen molar-refractivity contribution < 1.29 is 9.84 Å². The highest BCUT2D eigenvalue weighted by molar-refractivity contribution is 5.08. The molecule has 0 aromatic carbocycles. The molecule has 0 spiro atoms. The molecule has 5 atom stereocenters. The third-order valence-corrected chi connectivity index (χ3v) is 4.21. The Kier molecular flexibility index (Phi) is 1.66. The smallest absolute Gasteiger partial charge is 0.124 e. The zero-order valence-corrected chi connectivity index (χ0v) is 7.73. The molecule has 3 rings (SSSR count). The Hall–Kier alpha value is -0.500. The lowest BCUT2D eigenvalue weighted by atomic mass is 9.75. The van der Waals surface area contributed by atoms with E-state index in [4.69, 9.17) is 4.74 Å². The monoisotopic (exact) mass is 180 g/mol. The average Bonchev–Trinajstić information content (AvgIpc) is 2.77. The fraction of sp³-hybridized carbons (Fsp3) is 0.818. The SMILES string of the molecule is OC[C@H]1OC=C[C@H]2[C@@H]3CC[C@@H](C3)[C@@H]21. The fourth-order valence-electron chi connectivity index (χ4n) is 3.71. The second-order valence-electron chi connectivity index (χ2n) is 4.67. The topological polar surface area (TPSA) is 29.5 Å².